The summed E-state index contributed by atoms with van der Waals surface area (Å²) in [4.78, 5) is 13.7. The molecule has 2 heterocycles. The van der Waals surface area contributed by atoms with Gasteiger partial charge in [0, 0.05) is 31.9 Å². The lowest BCUT2D eigenvalue weighted by atomic mass is 10.2. The highest BCUT2D eigenvalue weighted by Gasteiger charge is 2.21. The van der Waals surface area contributed by atoms with Crippen molar-refractivity contribution in [3.8, 4) is 0 Å². The topological polar surface area (TPSA) is 61.0 Å². The SMILES string of the molecule is C[C@H]1CN(C(=O)c2cn[nH]c2)CCN1. The van der Waals surface area contributed by atoms with Gasteiger partial charge in [0.2, 0.25) is 0 Å². The number of carbonyl (C=O) groups excluding carboxylic acids is 1. The van der Waals surface area contributed by atoms with Crippen molar-refractivity contribution >= 4 is 5.91 Å². The molecule has 5 heteroatoms. The third-order valence-electron chi connectivity index (χ3n) is 2.40. The van der Waals surface area contributed by atoms with Crippen LogP contribution in [0.4, 0.5) is 0 Å². The molecule has 0 bridgehead atoms. The Balaban J connectivity index is 2.04. The zero-order valence-corrected chi connectivity index (χ0v) is 8.16. The second-order valence-corrected chi connectivity index (χ2v) is 3.59. The molecule has 2 N–H and O–H groups in total. The van der Waals surface area contributed by atoms with Crippen LogP contribution >= 0.6 is 0 Å². The Morgan fingerprint density at radius 1 is 1.71 bits per heavy atom. The van der Waals surface area contributed by atoms with Crippen LogP contribution in [0, 0.1) is 0 Å². The van der Waals surface area contributed by atoms with Crippen molar-refractivity contribution in [3.05, 3.63) is 18.0 Å². The molecule has 0 unspecified atom stereocenters. The molecule has 1 saturated heterocycles. The number of aromatic amines is 1. The molecule has 0 spiro atoms. The van der Waals surface area contributed by atoms with Crippen LogP contribution in [-0.4, -0.2) is 46.7 Å². The molecular formula is C9H14N4O. The van der Waals surface area contributed by atoms with E-state index in [2.05, 4.69) is 22.4 Å². The molecule has 0 aromatic carbocycles. The fourth-order valence-corrected chi connectivity index (χ4v) is 1.67. The van der Waals surface area contributed by atoms with Crippen molar-refractivity contribution in [1.82, 2.24) is 20.4 Å². The van der Waals surface area contributed by atoms with E-state index in [0.29, 0.717) is 11.6 Å². The maximum atomic E-state index is 11.8. The van der Waals surface area contributed by atoms with Crippen LogP contribution in [0.3, 0.4) is 0 Å². The highest BCUT2D eigenvalue weighted by Crippen LogP contribution is 2.05. The first-order valence-corrected chi connectivity index (χ1v) is 4.79. The second-order valence-electron chi connectivity index (χ2n) is 3.59. The maximum absolute atomic E-state index is 11.8. The number of H-pyrrole nitrogens is 1. The first-order valence-electron chi connectivity index (χ1n) is 4.79. The first-order chi connectivity index (χ1) is 6.77. The Morgan fingerprint density at radius 3 is 3.21 bits per heavy atom. The van der Waals surface area contributed by atoms with Crippen molar-refractivity contribution in [2.45, 2.75) is 13.0 Å². The molecule has 1 aromatic heterocycles. The molecule has 1 fully saturated rings. The van der Waals surface area contributed by atoms with Gasteiger partial charge in [0.15, 0.2) is 0 Å². The number of nitrogens with zero attached hydrogens (tertiary/aromatic N) is 2. The number of hydrogen-bond acceptors (Lipinski definition) is 3. The number of aromatic nitrogens is 2. The smallest absolute Gasteiger partial charge is 0.257 e. The monoisotopic (exact) mass is 194 g/mol. The average molecular weight is 194 g/mol. The predicted molar refractivity (Wildman–Crippen MR) is 52.0 cm³/mol. The molecule has 1 aliphatic heterocycles. The van der Waals surface area contributed by atoms with Crippen LogP contribution in [0.25, 0.3) is 0 Å². The quantitative estimate of drug-likeness (QED) is 0.653. The zero-order valence-electron chi connectivity index (χ0n) is 8.16. The summed E-state index contributed by atoms with van der Waals surface area (Å²) in [5, 5.41) is 9.71. The van der Waals surface area contributed by atoms with Crippen LogP contribution in [-0.2, 0) is 0 Å². The van der Waals surface area contributed by atoms with Gasteiger partial charge >= 0.3 is 0 Å². The van der Waals surface area contributed by atoms with Crippen molar-refractivity contribution in [2.75, 3.05) is 19.6 Å². The Bertz CT molecular complexity index is 309. The number of nitrogens with one attached hydrogen (secondary N) is 2. The lowest BCUT2D eigenvalue weighted by molar-refractivity contribution is 0.0709. The number of amides is 1. The van der Waals surface area contributed by atoms with E-state index in [1.807, 2.05) is 4.90 Å². The molecule has 1 aromatic rings. The minimum Gasteiger partial charge on any atom is -0.336 e. The molecule has 0 radical (unpaired) electrons. The summed E-state index contributed by atoms with van der Waals surface area (Å²) in [6, 6.07) is 0.375. The largest absolute Gasteiger partial charge is 0.336 e. The molecule has 0 saturated carbocycles. The van der Waals surface area contributed by atoms with Gasteiger partial charge in [-0.25, -0.2) is 0 Å². The van der Waals surface area contributed by atoms with Gasteiger partial charge in [-0.3, -0.25) is 9.89 Å². The van der Waals surface area contributed by atoms with Crippen molar-refractivity contribution in [2.24, 2.45) is 0 Å². The van der Waals surface area contributed by atoms with Gasteiger partial charge in [0.25, 0.3) is 5.91 Å². The van der Waals surface area contributed by atoms with Gasteiger partial charge in [0.1, 0.15) is 0 Å². The second kappa shape index (κ2) is 3.79. The highest BCUT2D eigenvalue weighted by atomic mass is 16.2. The van der Waals surface area contributed by atoms with E-state index in [0.717, 1.165) is 19.6 Å². The summed E-state index contributed by atoms with van der Waals surface area (Å²) in [5.41, 5.74) is 0.638. The normalized spacial score (nSPS) is 22.4. The number of hydrogen-bond donors (Lipinski definition) is 2. The summed E-state index contributed by atoms with van der Waals surface area (Å²) in [6.45, 7) is 4.48. The summed E-state index contributed by atoms with van der Waals surface area (Å²) in [7, 11) is 0. The average Bonchev–Trinajstić information content (AvgIpc) is 2.69. The minimum atomic E-state index is 0.0621. The Labute approximate surface area is 82.5 Å². The Kier molecular flexibility index (Phi) is 2.49. The van der Waals surface area contributed by atoms with E-state index in [1.165, 1.54) is 0 Å². The number of rotatable bonds is 1. The lowest BCUT2D eigenvalue weighted by Gasteiger charge is -2.31. The Morgan fingerprint density at radius 2 is 2.57 bits per heavy atom. The van der Waals surface area contributed by atoms with E-state index >= 15 is 0 Å². The maximum Gasteiger partial charge on any atom is 0.257 e. The van der Waals surface area contributed by atoms with Gasteiger partial charge < -0.3 is 10.2 Å². The predicted octanol–water partition coefficient (Wildman–Crippen LogP) is -0.156. The van der Waals surface area contributed by atoms with E-state index in [9.17, 15) is 4.79 Å². The van der Waals surface area contributed by atoms with Crippen LogP contribution in [0.15, 0.2) is 12.4 Å². The molecule has 1 amide bonds. The van der Waals surface area contributed by atoms with E-state index in [-0.39, 0.29) is 5.91 Å². The van der Waals surface area contributed by atoms with E-state index < -0.39 is 0 Å². The number of carbonyl (C=O) groups is 1. The van der Waals surface area contributed by atoms with E-state index in [4.69, 9.17) is 0 Å². The van der Waals surface area contributed by atoms with Crippen molar-refractivity contribution < 1.29 is 4.79 Å². The van der Waals surface area contributed by atoms with Crippen molar-refractivity contribution in [1.29, 1.82) is 0 Å². The molecule has 14 heavy (non-hydrogen) atoms. The van der Waals surface area contributed by atoms with Crippen LogP contribution < -0.4 is 5.32 Å². The summed E-state index contributed by atoms with van der Waals surface area (Å²) in [5.74, 6) is 0.0621. The fraction of sp³-hybridized carbons (Fsp3) is 0.556. The summed E-state index contributed by atoms with van der Waals surface area (Å²) < 4.78 is 0. The van der Waals surface area contributed by atoms with Crippen LogP contribution in [0.2, 0.25) is 0 Å². The van der Waals surface area contributed by atoms with Crippen LogP contribution in [0.5, 0.6) is 0 Å². The molecule has 5 nitrogen and oxygen atoms in total. The first kappa shape index (κ1) is 9.21. The van der Waals surface area contributed by atoms with Gasteiger partial charge in [-0.2, -0.15) is 5.10 Å². The zero-order chi connectivity index (χ0) is 9.97. The van der Waals surface area contributed by atoms with Crippen molar-refractivity contribution in [3.63, 3.8) is 0 Å². The molecule has 1 atom stereocenters. The lowest BCUT2D eigenvalue weighted by Crippen LogP contribution is -2.51. The van der Waals surface area contributed by atoms with Gasteiger partial charge in [-0.15, -0.1) is 0 Å². The summed E-state index contributed by atoms with van der Waals surface area (Å²) in [6.07, 6.45) is 3.20. The molecule has 76 valence electrons. The molecular weight excluding hydrogens is 180 g/mol. The molecule has 0 aliphatic carbocycles. The van der Waals surface area contributed by atoms with Gasteiger partial charge in [-0.05, 0) is 6.92 Å². The highest BCUT2D eigenvalue weighted by molar-refractivity contribution is 5.93. The molecule has 2 rings (SSSR count). The standard InChI is InChI=1S/C9H14N4O/c1-7-6-13(3-2-10-7)9(14)8-4-11-12-5-8/h4-5,7,10H,2-3,6H2,1H3,(H,11,12)/t7-/m0/s1. The summed E-state index contributed by atoms with van der Waals surface area (Å²) >= 11 is 0. The number of piperazine rings is 1. The Hall–Kier alpha value is -1.36. The van der Waals surface area contributed by atoms with E-state index in [1.54, 1.807) is 12.4 Å². The van der Waals surface area contributed by atoms with Gasteiger partial charge in [0.05, 0.1) is 11.8 Å². The fourth-order valence-electron chi connectivity index (χ4n) is 1.67. The van der Waals surface area contributed by atoms with Gasteiger partial charge in [-0.1, -0.05) is 0 Å². The minimum absolute atomic E-state index is 0.0621. The molecule has 1 aliphatic rings. The third kappa shape index (κ3) is 1.77. The third-order valence-corrected chi connectivity index (χ3v) is 2.40. The van der Waals surface area contributed by atoms with Crippen LogP contribution in [0.1, 0.15) is 17.3 Å².